The van der Waals surface area contributed by atoms with Crippen molar-refractivity contribution in [3.8, 4) is 5.75 Å². The number of nitro benzene ring substituents is 1. The van der Waals surface area contributed by atoms with E-state index in [1.807, 2.05) is 0 Å². The van der Waals surface area contributed by atoms with Crippen LogP contribution in [0.2, 0.25) is 0 Å². The second-order valence-electron chi connectivity index (χ2n) is 5.30. The molecule has 1 aliphatic heterocycles. The molecule has 24 heavy (non-hydrogen) atoms. The fourth-order valence-corrected chi connectivity index (χ4v) is 3.73. The van der Waals surface area contributed by atoms with Gasteiger partial charge in [-0.2, -0.15) is 0 Å². The molecule has 0 radical (unpaired) electrons. The van der Waals surface area contributed by atoms with E-state index in [0.29, 0.717) is 18.6 Å². The van der Waals surface area contributed by atoms with E-state index in [4.69, 9.17) is 4.74 Å². The summed E-state index contributed by atoms with van der Waals surface area (Å²) in [4.78, 5) is 21.3. The zero-order valence-corrected chi connectivity index (χ0v) is 13.9. The highest BCUT2D eigenvalue weighted by atomic mass is 32.2. The van der Waals surface area contributed by atoms with Crippen molar-refractivity contribution >= 4 is 21.7 Å². The van der Waals surface area contributed by atoms with Crippen molar-refractivity contribution in [1.82, 2.24) is 4.31 Å². The summed E-state index contributed by atoms with van der Waals surface area (Å²) in [5, 5.41) is 10.6. The van der Waals surface area contributed by atoms with E-state index in [-0.39, 0.29) is 24.9 Å². The van der Waals surface area contributed by atoms with E-state index in [1.54, 1.807) is 0 Å². The van der Waals surface area contributed by atoms with Crippen molar-refractivity contribution < 1.29 is 27.6 Å². The van der Waals surface area contributed by atoms with Crippen LogP contribution in [0.15, 0.2) is 24.3 Å². The smallest absolute Gasteiger partial charge is 0.322 e. The van der Waals surface area contributed by atoms with Gasteiger partial charge in [-0.15, -0.1) is 0 Å². The maximum atomic E-state index is 12.0. The van der Waals surface area contributed by atoms with Gasteiger partial charge in [0.25, 0.3) is 5.69 Å². The number of rotatable bonds is 6. The molecule has 1 saturated heterocycles. The first-order valence-electron chi connectivity index (χ1n) is 7.27. The molecule has 0 N–H and O–H groups in total. The number of carbonyl (C=O) groups excluding carboxylic acids is 1. The van der Waals surface area contributed by atoms with Gasteiger partial charge in [0.2, 0.25) is 10.0 Å². The van der Waals surface area contributed by atoms with Crippen molar-refractivity contribution in [1.29, 1.82) is 0 Å². The Balaban J connectivity index is 1.88. The summed E-state index contributed by atoms with van der Waals surface area (Å²) in [5.41, 5.74) is -0.0222. The van der Waals surface area contributed by atoms with Crippen LogP contribution in [-0.2, 0) is 19.6 Å². The minimum atomic E-state index is -3.68. The van der Waals surface area contributed by atoms with Crippen LogP contribution in [0, 0.1) is 10.1 Å². The van der Waals surface area contributed by atoms with Crippen LogP contribution >= 0.6 is 0 Å². The molecule has 132 valence electrons. The Morgan fingerprint density at radius 3 is 2.38 bits per heavy atom. The highest BCUT2D eigenvalue weighted by Gasteiger charge is 2.30. The number of hydrogen-bond donors (Lipinski definition) is 0. The normalized spacial score (nSPS) is 16.5. The fourth-order valence-electron chi connectivity index (χ4n) is 2.37. The second kappa shape index (κ2) is 7.58. The van der Waals surface area contributed by atoms with E-state index >= 15 is 0 Å². The number of non-ortho nitro benzene ring substituents is 1. The van der Waals surface area contributed by atoms with Gasteiger partial charge in [-0.1, -0.05) is 0 Å². The summed E-state index contributed by atoms with van der Waals surface area (Å²) in [7, 11) is -2.54. The molecule has 2 rings (SSSR count). The number of nitrogens with zero attached hydrogens (tertiary/aromatic N) is 2. The zero-order valence-electron chi connectivity index (χ0n) is 13.1. The molecule has 0 atom stereocenters. The molecule has 0 spiro atoms. The predicted molar refractivity (Wildman–Crippen MR) is 84.1 cm³/mol. The number of hydrogen-bond acceptors (Lipinski definition) is 7. The number of ether oxygens (including phenoxy) is 2. The molecule has 0 amide bonds. The van der Waals surface area contributed by atoms with Crippen LogP contribution in [0.4, 0.5) is 5.69 Å². The van der Waals surface area contributed by atoms with Crippen molar-refractivity contribution in [2.24, 2.45) is 0 Å². The molecular weight excluding hydrogens is 340 g/mol. The minimum absolute atomic E-state index is 0.0222. The first kappa shape index (κ1) is 18.1. The first-order valence-corrected chi connectivity index (χ1v) is 8.88. The molecule has 9 nitrogen and oxygen atoms in total. The monoisotopic (exact) mass is 358 g/mol. The highest BCUT2D eigenvalue weighted by Crippen LogP contribution is 2.23. The summed E-state index contributed by atoms with van der Waals surface area (Å²) < 4.78 is 35.4. The molecule has 0 bridgehead atoms. The summed E-state index contributed by atoms with van der Waals surface area (Å²) in [6, 6.07) is 5.73. The summed E-state index contributed by atoms with van der Waals surface area (Å²) in [6.45, 7) is 0.494. The van der Waals surface area contributed by atoms with Crippen LogP contribution in [0.1, 0.15) is 12.8 Å². The number of nitro groups is 1. The third kappa shape index (κ3) is 4.65. The third-order valence-electron chi connectivity index (χ3n) is 3.67. The van der Waals surface area contributed by atoms with Crippen LogP contribution in [0.25, 0.3) is 0 Å². The SMILES string of the molecule is COC(=O)CS(=O)(=O)N1CCC(Oc2ccc([N+](=O)[O-])cc2)CC1. The maximum Gasteiger partial charge on any atom is 0.322 e. The first-order chi connectivity index (χ1) is 11.3. The summed E-state index contributed by atoms with van der Waals surface area (Å²) in [5.74, 6) is -0.965. The van der Waals surface area contributed by atoms with Gasteiger partial charge in [-0.3, -0.25) is 14.9 Å². The van der Waals surface area contributed by atoms with Crippen molar-refractivity contribution in [3.05, 3.63) is 34.4 Å². The predicted octanol–water partition coefficient (Wildman–Crippen LogP) is 0.941. The van der Waals surface area contributed by atoms with Gasteiger partial charge in [0.1, 0.15) is 11.9 Å². The lowest BCUT2D eigenvalue weighted by atomic mass is 10.1. The Bertz CT molecular complexity index is 694. The lowest BCUT2D eigenvalue weighted by Crippen LogP contribution is -2.43. The van der Waals surface area contributed by atoms with Gasteiger partial charge in [0.15, 0.2) is 5.75 Å². The molecule has 0 saturated carbocycles. The minimum Gasteiger partial charge on any atom is -0.490 e. The van der Waals surface area contributed by atoms with Gasteiger partial charge >= 0.3 is 5.97 Å². The lowest BCUT2D eigenvalue weighted by Gasteiger charge is -2.31. The van der Waals surface area contributed by atoms with E-state index in [2.05, 4.69) is 4.74 Å². The van der Waals surface area contributed by atoms with Crippen LogP contribution in [-0.4, -0.2) is 55.7 Å². The Morgan fingerprint density at radius 1 is 1.29 bits per heavy atom. The molecule has 0 aliphatic carbocycles. The Kier molecular flexibility index (Phi) is 5.73. The van der Waals surface area contributed by atoms with Crippen molar-refractivity contribution in [3.63, 3.8) is 0 Å². The van der Waals surface area contributed by atoms with Crippen LogP contribution < -0.4 is 4.74 Å². The number of esters is 1. The number of piperidine rings is 1. The standard InChI is InChI=1S/C14H18N2O7S/c1-22-14(17)10-24(20,21)15-8-6-13(7-9-15)23-12-4-2-11(3-5-12)16(18)19/h2-5,13H,6-10H2,1H3. The molecule has 1 aromatic carbocycles. The molecule has 1 aliphatic rings. The Morgan fingerprint density at radius 2 is 1.88 bits per heavy atom. The number of sulfonamides is 1. The van der Waals surface area contributed by atoms with Crippen LogP contribution in [0.5, 0.6) is 5.75 Å². The summed E-state index contributed by atoms with van der Waals surface area (Å²) >= 11 is 0. The number of methoxy groups -OCH3 is 1. The average molecular weight is 358 g/mol. The molecule has 0 unspecified atom stereocenters. The van der Waals surface area contributed by atoms with Crippen LogP contribution in [0.3, 0.4) is 0 Å². The van der Waals surface area contributed by atoms with Gasteiger partial charge in [0, 0.05) is 25.2 Å². The molecule has 0 aromatic heterocycles. The van der Waals surface area contributed by atoms with Gasteiger partial charge in [-0.25, -0.2) is 12.7 Å². The average Bonchev–Trinajstić information content (AvgIpc) is 2.55. The highest BCUT2D eigenvalue weighted by molar-refractivity contribution is 7.89. The zero-order chi connectivity index (χ0) is 17.7. The Labute approximate surface area is 139 Å². The molecule has 1 fully saturated rings. The fraction of sp³-hybridized carbons (Fsp3) is 0.500. The van der Waals surface area contributed by atoms with E-state index in [9.17, 15) is 23.3 Å². The van der Waals surface area contributed by atoms with Gasteiger partial charge in [-0.05, 0) is 25.0 Å². The third-order valence-corrected chi connectivity index (χ3v) is 5.42. The molecule has 1 heterocycles. The van der Waals surface area contributed by atoms with E-state index in [1.165, 1.54) is 28.6 Å². The second-order valence-corrected chi connectivity index (χ2v) is 7.27. The molecular formula is C14H18N2O7S. The molecule has 10 heteroatoms. The van der Waals surface area contributed by atoms with E-state index in [0.717, 1.165) is 7.11 Å². The molecule has 1 aromatic rings. The quantitative estimate of drug-likeness (QED) is 0.422. The Hall–Kier alpha value is -2.20. The van der Waals surface area contributed by atoms with Crippen molar-refractivity contribution in [2.75, 3.05) is 26.0 Å². The van der Waals surface area contributed by atoms with Gasteiger partial charge < -0.3 is 9.47 Å². The number of carbonyl (C=O) groups is 1. The van der Waals surface area contributed by atoms with Gasteiger partial charge in [0.05, 0.1) is 12.0 Å². The summed E-state index contributed by atoms with van der Waals surface area (Å²) in [6.07, 6.45) is 0.755. The largest absolute Gasteiger partial charge is 0.490 e. The van der Waals surface area contributed by atoms with E-state index < -0.39 is 26.7 Å². The maximum absolute atomic E-state index is 12.0. The topological polar surface area (TPSA) is 116 Å². The lowest BCUT2D eigenvalue weighted by molar-refractivity contribution is -0.384. The number of benzene rings is 1. The van der Waals surface area contributed by atoms with Crippen molar-refractivity contribution in [2.45, 2.75) is 18.9 Å².